The third-order valence-corrected chi connectivity index (χ3v) is 6.42. The van der Waals surface area contributed by atoms with Crippen molar-refractivity contribution in [3.05, 3.63) is 42.3 Å². The van der Waals surface area contributed by atoms with Crippen LogP contribution in [0.4, 0.5) is 13.2 Å². The summed E-state index contributed by atoms with van der Waals surface area (Å²) in [5, 5.41) is 7.73. The van der Waals surface area contributed by atoms with Crippen LogP contribution in [0.25, 0.3) is 33.3 Å². The highest BCUT2D eigenvalue weighted by molar-refractivity contribution is 5.94. The summed E-state index contributed by atoms with van der Waals surface area (Å²) in [6.45, 7) is 0.513. The van der Waals surface area contributed by atoms with E-state index in [1.165, 1.54) is 17.0 Å². The average Bonchev–Trinajstić information content (AvgIpc) is 3.50. The molecule has 33 heavy (non-hydrogen) atoms. The number of halogens is 3. The Morgan fingerprint density at radius 1 is 1.21 bits per heavy atom. The van der Waals surface area contributed by atoms with Gasteiger partial charge >= 0.3 is 6.55 Å². The van der Waals surface area contributed by atoms with Crippen molar-refractivity contribution in [2.45, 2.75) is 65.2 Å². The second-order valence-corrected chi connectivity index (χ2v) is 9.01. The number of nitrogens with zero attached hydrogens (tertiary/aromatic N) is 5. The first-order valence-electron chi connectivity index (χ1n) is 11.9. The number of hydrogen-bond acceptors (Lipinski definition) is 4. The van der Waals surface area contributed by atoms with E-state index in [1.54, 1.807) is 26.2 Å². The minimum atomic E-state index is -2.79. The van der Waals surface area contributed by atoms with Gasteiger partial charge in [-0.05, 0) is 58.4 Å². The Hall–Kier alpha value is -3.10. The van der Waals surface area contributed by atoms with Gasteiger partial charge in [0.05, 0.1) is 25.7 Å². The molecule has 6 nitrogen and oxygen atoms in total. The number of fused-ring (bicyclic) bond motifs is 1. The summed E-state index contributed by atoms with van der Waals surface area (Å²) in [5.74, 6) is 0.194. The fourth-order valence-electron chi connectivity index (χ4n) is 4.58. The van der Waals surface area contributed by atoms with Gasteiger partial charge in [-0.15, -0.1) is 0 Å². The minimum Gasteiger partial charge on any atom is -0.361 e. The largest absolute Gasteiger partial charge is 0.361 e. The van der Waals surface area contributed by atoms with E-state index in [4.69, 9.17) is 7.26 Å². The molecule has 0 saturated heterocycles. The van der Waals surface area contributed by atoms with Crippen LogP contribution in [-0.4, -0.2) is 30.2 Å². The number of alkyl halides is 3. The van der Waals surface area contributed by atoms with Gasteiger partial charge in [0.25, 0.3) is 0 Å². The van der Waals surface area contributed by atoms with Gasteiger partial charge in [0, 0.05) is 47.3 Å². The molecule has 0 spiro atoms. The van der Waals surface area contributed by atoms with Crippen molar-refractivity contribution in [3.8, 4) is 22.3 Å². The molecule has 0 atom stereocenters. The van der Waals surface area contributed by atoms with Gasteiger partial charge in [-0.1, -0.05) is 5.16 Å². The molecule has 4 heterocycles. The molecule has 1 fully saturated rings. The van der Waals surface area contributed by atoms with Crippen molar-refractivity contribution in [3.63, 3.8) is 0 Å². The first-order chi connectivity index (χ1) is 16.5. The Morgan fingerprint density at radius 3 is 2.61 bits per heavy atom. The number of rotatable bonds is 5. The van der Waals surface area contributed by atoms with Crippen molar-refractivity contribution in [2.24, 2.45) is 5.92 Å². The highest BCUT2D eigenvalue weighted by Gasteiger charge is 2.31. The maximum absolute atomic E-state index is 14.4. The second-order valence-electron chi connectivity index (χ2n) is 9.01. The smallest absolute Gasteiger partial charge is 0.333 e. The monoisotopic (exact) mass is 459 g/mol. The number of hydrogen-bond donors (Lipinski definition) is 0. The third-order valence-electron chi connectivity index (χ3n) is 6.42. The van der Waals surface area contributed by atoms with E-state index >= 15 is 0 Å². The van der Waals surface area contributed by atoms with E-state index in [-0.39, 0.29) is 12.8 Å². The Bertz CT molecular complexity index is 1360. The van der Waals surface area contributed by atoms with E-state index in [0.717, 1.165) is 5.56 Å². The van der Waals surface area contributed by atoms with Crippen LogP contribution in [0, 0.1) is 19.8 Å². The van der Waals surface area contributed by atoms with Gasteiger partial charge in [0.2, 0.25) is 0 Å². The molecule has 0 aromatic carbocycles. The van der Waals surface area contributed by atoms with Crippen molar-refractivity contribution in [1.82, 2.24) is 24.5 Å². The molecule has 5 rings (SSSR count). The van der Waals surface area contributed by atoms with Crippen LogP contribution >= 0.6 is 0 Å². The van der Waals surface area contributed by atoms with Crippen LogP contribution in [0.15, 0.2) is 35.4 Å². The SMILES string of the molecule is [2H]C([2H])(C1CCC(C)(F)CC1)n1cc(-c2cnn(C(F)F)c2)c2ncc(-c3c(C)noc3C)cc21. The minimum absolute atomic E-state index is 0.285. The first-order valence-corrected chi connectivity index (χ1v) is 10.9. The second kappa shape index (κ2) is 8.04. The Morgan fingerprint density at radius 2 is 1.97 bits per heavy atom. The van der Waals surface area contributed by atoms with Crippen LogP contribution in [0.5, 0.6) is 0 Å². The van der Waals surface area contributed by atoms with Gasteiger partial charge in [0.15, 0.2) is 0 Å². The highest BCUT2D eigenvalue weighted by atomic mass is 19.3. The molecule has 0 aliphatic heterocycles. The summed E-state index contributed by atoms with van der Waals surface area (Å²) in [7, 11) is 0. The fraction of sp³-hybridized carbons (Fsp3) is 0.458. The van der Waals surface area contributed by atoms with Crippen LogP contribution in [0.2, 0.25) is 0 Å². The lowest BCUT2D eigenvalue weighted by Gasteiger charge is -2.31. The molecule has 0 N–H and O–H groups in total. The van der Waals surface area contributed by atoms with Crippen molar-refractivity contribution >= 4 is 11.0 Å². The number of aryl methyl sites for hydroxylation is 2. The van der Waals surface area contributed by atoms with Crippen LogP contribution < -0.4 is 0 Å². The van der Waals surface area contributed by atoms with E-state index in [9.17, 15) is 13.2 Å². The Labute approximate surface area is 192 Å². The van der Waals surface area contributed by atoms with Crippen molar-refractivity contribution in [1.29, 1.82) is 0 Å². The lowest BCUT2D eigenvalue weighted by molar-refractivity contribution is 0.0566. The standard InChI is InChI=1S/C24H26F3N5O/c1-14-21(15(2)33-30-14)17-8-20-22(28-9-17)19(18-10-29-32(12-18)23(25)26)13-31(20)11-16-4-6-24(3,27)7-5-16/h8-10,12-13,16,23H,4-7,11H2,1-3H3/i11D2. The molecule has 0 bridgehead atoms. The Balaban J connectivity index is 1.68. The molecule has 0 radical (unpaired) electrons. The summed E-state index contributed by atoms with van der Waals surface area (Å²) >= 11 is 0. The lowest BCUT2D eigenvalue weighted by atomic mass is 9.81. The number of pyridine rings is 1. The van der Waals surface area contributed by atoms with Gasteiger partial charge in [-0.25, -0.2) is 9.07 Å². The van der Waals surface area contributed by atoms with Gasteiger partial charge in [-0.2, -0.15) is 13.9 Å². The lowest BCUT2D eigenvalue weighted by Crippen LogP contribution is -2.27. The third kappa shape index (κ3) is 4.05. The molecular weight excluding hydrogens is 431 g/mol. The van der Waals surface area contributed by atoms with Crippen LogP contribution in [-0.2, 0) is 6.50 Å². The van der Waals surface area contributed by atoms with Gasteiger partial charge in [0.1, 0.15) is 11.4 Å². The van der Waals surface area contributed by atoms with E-state index in [1.807, 2.05) is 13.0 Å². The van der Waals surface area contributed by atoms with Gasteiger partial charge < -0.3 is 9.09 Å². The highest BCUT2D eigenvalue weighted by Crippen LogP contribution is 2.38. The van der Waals surface area contributed by atoms with Crippen LogP contribution in [0.1, 0.15) is 53.4 Å². The average molecular weight is 460 g/mol. The number of aromatic nitrogens is 5. The van der Waals surface area contributed by atoms with E-state index < -0.39 is 24.6 Å². The molecule has 1 aliphatic carbocycles. The molecule has 0 amide bonds. The summed E-state index contributed by atoms with van der Waals surface area (Å²) in [4.78, 5) is 4.61. The molecule has 9 heteroatoms. The van der Waals surface area contributed by atoms with E-state index in [2.05, 4.69) is 15.2 Å². The molecule has 4 aromatic heterocycles. The Kier molecular flexibility index (Phi) is 4.72. The summed E-state index contributed by atoms with van der Waals surface area (Å²) in [6.07, 6.45) is 7.15. The van der Waals surface area contributed by atoms with Crippen molar-refractivity contribution < 1.29 is 20.4 Å². The maximum Gasteiger partial charge on any atom is 0.333 e. The predicted molar refractivity (Wildman–Crippen MR) is 119 cm³/mol. The first kappa shape index (κ1) is 19.4. The molecular formula is C24H26F3N5O. The zero-order chi connectivity index (χ0) is 25.1. The topological polar surface area (TPSA) is 61.7 Å². The summed E-state index contributed by atoms with van der Waals surface area (Å²) < 4.78 is 66.3. The van der Waals surface area contributed by atoms with Gasteiger partial charge in [-0.3, -0.25) is 4.98 Å². The summed E-state index contributed by atoms with van der Waals surface area (Å²) in [5.41, 5.74) is 2.72. The van der Waals surface area contributed by atoms with E-state index in [0.29, 0.717) is 56.7 Å². The molecule has 4 aromatic rings. The van der Waals surface area contributed by atoms with Crippen molar-refractivity contribution in [2.75, 3.05) is 0 Å². The zero-order valence-corrected chi connectivity index (χ0v) is 18.6. The van der Waals surface area contributed by atoms with Crippen LogP contribution in [0.3, 0.4) is 0 Å². The fourth-order valence-corrected chi connectivity index (χ4v) is 4.58. The zero-order valence-electron chi connectivity index (χ0n) is 20.6. The quantitative estimate of drug-likeness (QED) is 0.342. The molecule has 174 valence electrons. The molecule has 1 aliphatic rings. The normalized spacial score (nSPS) is 22.7. The maximum atomic E-state index is 14.4. The molecule has 0 unspecified atom stereocenters. The predicted octanol–water partition coefficient (Wildman–Crippen LogP) is 6.49. The summed E-state index contributed by atoms with van der Waals surface area (Å²) in [6, 6.07) is 1.82. The molecule has 1 saturated carbocycles.